The monoisotopic (exact) mass is 410 g/mol. The number of hydrogen-bond donors (Lipinski definition) is 0. The SMILES string of the molecule is Cc1ccc(F)c(C(=O)N=S2(=O)CC3CC(CN(C(=O)C4(F)CCC4)C3)C2)c1. The molecular formula is C20H24F2N2O3S. The zero-order valence-corrected chi connectivity index (χ0v) is 16.6. The van der Waals surface area contributed by atoms with Gasteiger partial charge in [0.15, 0.2) is 5.67 Å². The predicted molar refractivity (Wildman–Crippen MR) is 102 cm³/mol. The Kier molecular flexibility index (Phi) is 4.80. The van der Waals surface area contributed by atoms with Crippen molar-refractivity contribution in [2.24, 2.45) is 16.2 Å². The van der Waals surface area contributed by atoms with Gasteiger partial charge >= 0.3 is 0 Å². The summed E-state index contributed by atoms with van der Waals surface area (Å²) in [5.41, 5.74) is -1.17. The van der Waals surface area contributed by atoms with Gasteiger partial charge in [-0.25, -0.2) is 13.0 Å². The van der Waals surface area contributed by atoms with Gasteiger partial charge in [-0.2, -0.15) is 4.36 Å². The van der Waals surface area contributed by atoms with Crippen molar-refractivity contribution in [2.45, 2.75) is 38.3 Å². The minimum absolute atomic E-state index is 0.0773. The normalized spacial score (nSPS) is 31.0. The number of halogens is 2. The molecule has 2 atom stereocenters. The third kappa shape index (κ3) is 3.58. The molecule has 0 aromatic heterocycles. The molecule has 1 aromatic rings. The summed E-state index contributed by atoms with van der Waals surface area (Å²) in [5.74, 6) is -1.70. The van der Waals surface area contributed by atoms with Gasteiger partial charge in [0.05, 0.1) is 15.3 Å². The Labute approximate surface area is 163 Å². The van der Waals surface area contributed by atoms with Gasteiger partial charge in [0, 0.05) is 24.6 Å². The number of alkyl halides is 1. The molecule has 28 heavy (non-hydrogen) atoms. The lowest BCUT2D eigenvalue weighted by Crippen LogP contribution is -2.57. The Bertz CT molecular complexity index is 931. The van der Waals surface area contributed by atoms with E-state index in [9.17, 15) is 22.6 Å². The summed E-state index contributed by atoms with van der Waals surface area (Å²) in [7, 11) is -2.83. The van der Waals surface area contributed by atoms with E-state index in [1.165, 1.54) is 12.1 Å². The zero-order valence-electron chi connectivity index (χ0n) is 15.8. The minimum Gasteiger partial charge on any atom is -0.339 e. The number of fused-ring (bicyclic) bond motifs is 2. The fourth-order valence-electron chi connectivity index (χ4n) is 4.59. The first-order valence-electron chi connectivity index (χ1n) is 9.69. The van der Waals surface area contributed by atoms with Crippen LogP contribution >= 0.6 is 0 Å². The van der Waals surface area contributed by atoms with Gasteiger partial charge in [-0.15, -0.1) is 0 Å². The maximum atomic E-state index is 14.5. The van der Waals surface area contributed by atoms with Crippen molar-refractivity contribution in [2.75, 3.05) is 24.6 Å². The van der Waals surface area contributed by atoms with Crippen molar-refractivity contribution in [1.29, 1.82) is 0 Å². The summed E-state index contributed by atoms with van der Waals surface area (Å²) in [5, 5.41) is 0. The van der Waals surface area contributed by atoms with Crippen LogP contribution in [0.4, 0.5) is 8.78 Å². The summed E-state index contributed by atoms with van der Waals surface area (Å²) < 4.78 is 45.7. The van der Waals surface area contributed by atoms with E-state index in [-0.39, 0.29) is 41.7 Å². The standard InChI is InChI=1S/C20H24F2N2O3S/c1-13-3-4-17(21)16(7-13)18(25)23-28(27)11-14-8-15(12-28)10-24(9-14)19(26)20(22)5-2-6-20/h3-4,7,14-15H,2,5-6,8-12H2,1H3. The Morgan fingerprint density at radius 1 is 1.21 bits per heavy atom. The largest absolute Gasteiger partial charge is 0.339 e. The molecule has 2 amide bonds. The molecule has 1 aromatic carbocycles. The van der Waals surface area contributed by atoms with Crippen molar-refractivity contribution in [3.8, 4) is 0 Å². The molecule has 8 heteroatoms. The van der Waals surface area contributed by atoms with E-state index < -0.39 is 33.0 Å². The number of hydrogen-bond acceptors (Lipinski definition) is 3. The molecule has 5 nitrogen and oxygen atoms in total. The minimum atomic E-state index is -2.83. The average molecular weight is 410 g/mol. The van der Waals surface area contributed by atoms with Crippen molar-refractivity contribution in [3.63, 3.8) is 0 Å². The van der Waals surface area contributed by atoms with E-state index in [1.54, 1.807) is 17.9 Å². The fourth-order valence-corrected chi connectivity index (χ4v) is 7.23. The Hall–Kier alpha value is -1.83. The molecule has 2 aliphatic heterocycles. The highest BCUT2D eigenvalue weighted by Crippen LogP contribution is 2.40. The number of carbonyl (C=O) groups excluding carboxylic acids is 2. The van der Waals surface area contributed by atoms with Crippen molar-refractivity contribution < 1.29 is 22.6 Å². The Balaban J connectivity index is 1.52. The number of nitrogens with zero attached hydrogens (tertiary/aromatic N) is 2. The number of aryl methyl sites for hydroxylation is 1. The molecule has 1 saturated carbocycles. The molecule has 0 spiro atoms. The summed E-state index contributed by atoms with van der Waals surface area (Å²) >= 11 is 0. The van der Waals surface area contributed by atoms with Gasteiger partial charge in [-0.1, -0.05) is 11.6 Å². The molecule has 0 radical (unpaired) electrons. The van der Waals surface area contributed by atoms with Gasteiger partial charge < -0.3 is 4.90 Å². The van der Waals surface area contributed by atoms with Crippen molar-refractivity contribution in [3.05, 3.63) is 35.1 Å². The van der Waals surface area contributed by atoms with Crippen LogP contribution in [0.1, 0.15) is 41.6 Å². The molecule has 3 fully saturated rings. The first-order valence-corrected chi connectivity index (χ1v) is 11.5. The first kappa shape index (κ1) is 19.5. The lowest BCUT2D eigenvalue weighted by atomic mass is 9.79. The van der Waals surface area contributed by atoms with E-state index in [1.807, 2.05) is 0 Å². The summed E-state index contributed by atoms with van der Waals surface area (Å²) in [6.07, 6.45) is 2.08. The van der Waals surface area contributed by atoms with Crippen LogP contribution in [0.3, 0.4) is 0 Å². The highest BCUT2D eigenvalue weighted by atomic mass is 32.2. The number of piperidine rings is 1. The van der Waals surface area contributed by atoms with E-state index in [4.69, 9.17) is 0 Å². The number of benzene rings is 1. The molecule has 152 valence electrons. The molecule has 4 rings (SSSR count). The third-order valence-corrected chi connectivity index (χ3v) is 8.52. The lowest BCUT2D eigenvalue weighted by molar-refractivity contribution is -0.152. The molecular weight excluding hydrogens is 386 g/mol. The summed E-state index contributed by atoms with van der Waals surface area (Å²) in [6, 6.07) is 4.17. The van der Waals surface area contributed by atoms with Crippen LogP contribution in [-0.4, -0.2) is 51.2 Å². The summed E-state index contributed by atoms with van der Waals surface area (Å²) in [6.45, 7) is 2.44. The maximum absolute atomic E-state index is 14.5. The fraction of sp³-hybridized carbons (Fsp3) is 0.600. The second kappa shape index (κ2) is 6.90. The van der Waals surface area contributed by atoms with Crippen LogP contribution in [0, 0.1) is 24.6 Å². The predicted octanol–water partition coefficient (Wildman–Crippen LogP) is 3.11. The molecule has 2 heterocycles. The van der Waals surface area contributed by atoms with E-state index >= 15 is 0 Å². The van der Waals surface area contributed by atoms with Gasteiger partial charge in [0.2, 0.25) is 0 Å². The van der Waals surface area contributed by atoms with Gasteiger partial charge in [-0.05, 0) is 56.6 Å². The smallest absolute Gasteiger partial charge is 0.288 e. The van der Waals surface area contributed by atoms with Gasteiger partial charge in [0.25, 0.3) is 11.8 Å². The Morgan fingerprint density at radius 2 is 1.86 bits per heavy atom. The third-order valence-electron chi connectivity index (χ3n) is 6.03. The van der Waals surface area contributed by atoms with Crippen LogP contribution < -0.4 is 0 Å². The van der Waals surface area contributed by atoms with Gasteiger partial charge in [-0.3, -0.25) is 9.59 Å². The van der Waals surface area contributed by atoms with Crippen LogP contribution in [0.2, 0.25) is 0 Å². The molecule has 1 aliphatic carbocycles. The Morgan fingerprint density at radius 3 is 2.43 bits per heavy atom. The first-order chi connectivity index (χ1) is 13.2. The van der Waals surface area contributed by atoms with Crippen LogP contribution in [-0.2, 0) is 14.5 Å². The molecule has 3 aliphatic rings. The van der Waals surface area contributed by atoms with E-state index in [0.29, 0.717) is 13.1 Å². The van der Waals surface area contributed by atoms with Crippen LogP contribution in [0.5, 0.6) is 0 Å². The zero-order chi connectivity index (χ0) is 20.1. The summed E-state index contributed by atoms with van der Waals surface area (Å²) in [4.78, 5) is 26.5. The maximum Gasteiger partial charge on any atom is 0.288 e. The number of likely N-dealkylation sites (tertiary alicyclic amines) is 1. The molecule has 0 N–H and O–H groups in total. The van der Waals surface area contributed by atoms with Crippen molar-refractivity contribution >= 4 is 21.5 Å². The highest BCUT2D eigenvalue weighted by Gasteiger charge is 2.49. The highest BCUT2D eigenvalue weighted by molar-refractivity contribution is 7.94. The second-order valence-corrected chi connectivity index (χ2v) is 10.9. The van der Waals surface area contributed by atoms with E-state index in [0.717, 1.165) is 18.4 Å². The molecule has 2 bridgehead atoms. The molecule has 2 unspecified atom stereocenters. The number of rotatable bonds is 2. The van der Waals surface area contributed by atoms with Gasteiger partial charge in [0.1, 0.15) is 5.82 Å². The van der Waals surface area contributed by atoms with Crippen LogP contribution in [0.15, 0.2) is 22.6 Å². The van der Waals surface area contributed by atoms with Crippen molar-refractivity contribution in [1.82, 2.24) is 4.90 Å². The average Bonchev–Trinajstić information content (AvgIpc) is 2.59. The second-order valence-electron chi connectivity index (χ2n) is 8.48. The lowest BCUT2D eigenvalue weighted by Gasteiger charge is -2.45. The molecule has 2 saturated heterocycles. The number of carbonyl (C=O) groups is 2. The van der Waals surface area contributed by atoms with E-state index in [2.05, 4.69) is 4.36 Å². The topological polar surface area (TPSA) is 66.8 Å². The van der Waals surface area contributed by atoms with Crippen LogP contribution in [0.25, 0.3) is 0 Å². The quantitative estimate of drug-likeness (QED) is 0.752. The number of amides is 2.